The molecule has 0 atom stereocenters. The van der Waals surface area contributed by atoms with Gasteiger partial charge in [0.15, 0.2) is 5.82 Å². The van der Waals surface area contributed by atoms with Crippen LogP contribution in [0.2, 0.25) is 0 Å². The predicted octanol–water partition coefficient (Wildman–Crippen LogP) is 1.60. The summed E-state index contributed by atoms with van der Waals surface area (Å²) in [4.78, 5) is 4.24. The van der Waals surface area contributed by atoms with Gasteiger partial charge < -0.3 is 11.6 Å². The summed E-state index contributed by atoms with van der Waals surface area (Å²) >= 11 is 0. The summed E-state index contributed by atoms with van der Waals surface area (Å²) in [5, 5.41) is 0. The number of aryl methyl sites for hydroxylation is 2. The van der Waals surface area contributed by atoms with Crippen LogP contribution in [0.15, 0.2) is 18.2 Å². The molecule has 5 heteroatoms. The average Bonchev–Trinajstić information content (AvgIpc) is 2.50. The van der Waals surface area contributed by atoms with Crippen LogP contribution >= 0.6 is 0 Å². The van der Waals surface area contributed by atoms with Gasteiger partial charge in [-0.25, -0.2) is 14.1 Å². The second kappa shape index (κ2) is 3.52. The first kappa shape index (κ1) is 10.5. The lowest BCUT2D eigenvalue weighted by Crippen LogP contribution is -2.13. The molecule has 2 aromatic rings. The van der Waals surface area contributed by atoms with Crippen molar-refractivity contribution in [2.75, 3.05) is 11.6 Å². The molecule has 16 heavy (non-hydrogen) atoms. The molecule has 0 radical (unpaired) electrons. The molecule has 1 heterocycles. The van der Waals surface area contributed by atoms with E-state index in [-0.39, 0.29) is 5.82 Å². The third-order valence-electron chi connectivity index (χ3n) is 2.56. The number of hydrogen-bond acceptors (Lipinski definition) is 3. The number of nitrogens with zero attached hydrogens (tertiary/aromatic N) is 2. The SMILES string of the molecule is Cc1cc(-c2nc(C)n(N)c2N)ccc1F. The van der Waals surface area contributed by atoms with Crippen molar-refractivity contribution in [3.8, 4) is 11.3 Å². The number of nitrogens with two attached hydrogens (primary N) is 2. The summed E-state index contributed by atoms with van der Waals surface area (Å²) < 4.78 is 14.4. The van der Waals surface area contributed by atoms with Crippen LogP contribution < -0.4 is 11.6 Å². The highest BCUT2D eigenvalue weighted by molar-refractivity contribution is 5.71. The van der Waals surface area contributed by atoms with Gasteiger partial charge in [0, 0.05) is 5.56 Å². The number of anilines is 1. The van der Waals surface area contributed by atoms with Crippen molar-refractivity contribution in [1.29, 1.82) is 0 Å². The summed E-state index contributed by atoms with van der Waals surface area (Å²) in [5.74, 6) is 6.42. The van der Waals surface area contributed by atoms with Crippen LogP contribution in [0.5, 0.6) is 0 Å². The maximum atomic E-state index is 13.1. The molecule has 84 valence electrons. The average molecular weight is 220 g/mol. The molecule has 4 nitrogen and oxygen atoms in total. The number of rotatable bonds is 1. The van der Waals surface area contributed by atoms with Crippen molar-refractivity contribution in [3.05, 3.63) is 35.4 Å². The van der Waals surface area contributed by atoms with Crippen molar-refractivity contribution in [2.24, 2.45) is 0 Å². The van der Waals surface area contributed by atoms with Crippen molar-refractivity contribution < 1.29 is 4.39 Å². The maximum Gasteiger partial charge on any atom is 0.150 e. The molecule has 1 aromatic heterocycles. The molecule has 0 saturated carbocycles. The Morgan fingerprint density at radius 3 is 2.50 bits per heavy atom. The number of nitrogen functional groups attached to an aromatic ring is 2. The number of imidazole rings is 1. The van der Waals surface area contributed by atoms with Gasteiger partial charge in [-0.15, -0.1) is 0 Å². The quantitative estimate of drug-likeness (QED) is 0.717. The molecule has 0 saturated heterocycles. The molecule has 0 aliphatic rings. The second-order valence-corrected chi connectivity index (χ2v) is 3.73. The minimum atomic E-state index is -0.244. The Morgan fingerprint density at radius 2 is 2.00 bits per heavy atom. The Bertz CT molecular complexity index is 545. The van der Waals surface area contributed by atoms with E-state index in [2.05, 4.69) is 4.98 Å². The molecule has 0 spiro atoms. The minimum Gasteiger partial charge on any atom is -0.382 e. The van der Waals surface area contributed by atoms with Crippen molar-refractivity contribution in [2.45, 2.75) is 13.8 Å². The summed E-state index contributed by atoms with van der Waals surface area (Å²) in [7, 11) is 0. The van der Waals surface area contributed by atoms with Gasteiger partial charge in [-0.2, -0.15) is 0 Å². The number of hydrogen-bond donors (Lipinski definition) is 2. The van der Waals surface area contributed by atoms with E-state index in [0.717, 1.165) is 5.56 Å². The van der Waals surface area contributed by atoms with Crippen molar-refractivity contribution >= 4 is 5.82 Å². The lowest BCUT2D eigenvalue weighted by Gasteiger charge is -2.02. The first-order valence-corrected chi connectivity index (χ1v) is 4.87. The summed E-state index contributed by atoms with van der Waals surface area (Å²) in [6.07, 6.45) is 0. The van der Waals surface area contributed by atoms with Gasteiger partial charge in [-0.1, -0.05) is 0 Å². The Morgan fingerprint density at radius 1 is 1.31 bits per heavy atom. The van der Waals surface area contributed by atoms with Crippen molar-refractivity contribution in [1.82, 2.24) is 9.66 Å². The van der Waals surface area contributed by atoms with E-state index < -0.39 is 0 Å². The summed E-state index contributed by atoms with van der Waals surface area (Å²) in [6.45, 7) is 3.46. The molecule has 0 unspecified atom stereocenters. The zero-order valence-corrected chi connectivity index (χ0v) is 9.16. The van der Waals surface area contributed by atoms with Crippen LogP contribution in [0.25, 0.3) is 11.3 Å². The molecule has 0 bridgehead atoms. The lowest BCUT2D eigenvalue weighted by atomic mass is 10.1. The zero-order valence-electron chi connectivity index (χ0n) is 9.16. The molecule has 2 rings (SSSR count). The molecule has 0 amide bonds. The highest BCUT2D eigenvalue weighted by atomic mass is 19.1. The van der Waals surface area contributed by atoms with Gasteiger partial charge in [0.05, 0.1) is 0 Å². The Labute approximate surface area is 92.7 Å². The predicted molar refractivity (Wildman–Crippen MR) is 61.7 cm³/mol. The van der Waals surface area contributed by atoms with Gasteiger partial charge in [0.2, 0.25) is 0 Å². The first-order chi connectivity index (χ1) is 7.50. The fourth-order valence-corrected chi connectivity index (χ4v) is 1.57. The third-order valence-corrected chi connectivity index (χ3v) is 2.56. The molecule has 0 aliphatic heterocycles. The van der Waals surface area contributed by atoms with E-state index in [1.54, 1.807) is 26.0 Å². The van der Waals surface area contributed by atoms with Gasteiger partial charge >= 0.3 is 0 Å². The van der Waals surface area contributed by atoms with Gasteiger partial charge in [-0.3, -0.25) is 0 Å². The van der Waals surface area contributed by atoms with Gasteiger partial charge in [0.25, 0.3) is 0 Å². The van der Waals surface area contributed by atoms with Crippen LogP contribution in [0.4, 0.5) is 10.2 Å². The fraction of sp³-hybridized carbons (Fsp3) is 0.182. The Hall–Kier alpha value is -2.04. The molecule has 0 fully saturated rings. The lowest BCUT2D eigenvalue weighted by molar-refractivity contribution is 0.619. The van der Waals surface area contributed by atoms with Gasteiger partial charge in [-0.05, 0) is 37.6 Å². The highest BCUT2D eigenvalue weighted by Gasteiger charge is 2.12. The molecule has 1 aromatic carbocycles. The molecular weight excluding hydrogens is 207 g/mol. The number of benzene rings is 1. The summed E-state index contributed by atoms with van der Waals surface area (Å²) in [5.41, 5.74) is 7.72. The van der Waals surface area contributed by atoms with E-state index >= 15 is 0 Å². The standard InChI is InChI=1S/C11H13FN4/c1-6-5-8(3-4-9(6)12)10-11(13)16(14)7(2)15-10/h3-5H,13-14H2,1-2H3. The van der Waals surface area contributed by atoms with E-state index in [1.807, 2.05) is 0 Å². The smallest absolute Gasteiger partial charge is 0.150 e. The Balaban J connectivity index is 2.59. The monoisotopic (exact) mass is 220 g/mol. The van der Waals surface area contributed by atoms with E-state index in [4.69, 9.17) is 11.6 Å². The van der Waals surface area contributed by atoms with Crippen LogP contribution in [0, 0.1) is 19.7 Å². The third kappa shape index (κ3) is 1.50. The zero-order chi connectivity index (χ0) is 11.9. The van der Waals surface area contributed by atoms with Crippen molar-refractivity contribution in [3.63, 3.8) is 0 Å². The first-order valence-electron chi connectivity index (χ1n) is 4.87. The minimum absolute atomic E-state index is 0.244. The van der Waals surface area contributed by atoms with Gasteiger partial charge in [0.1, 0.15) is 17.3 Å². The van der Waals surface area contributed by atoms with Crippen LogP contribution in [-0.4, -0.2) is 9.66 Å². The van der Waals surface area contributed by atoms with Crippen LogP contribution in [0.1, 0.15) is 11.4 Å². The fourth-order valence-electron chi connectivity index (χ4n) is 1.57. The largest absolute Gasteiger partial charge is 0.382 e. The number of aromatic nitrogens is 2. The topological polar surface area (TPSA) is 69.9 Å². The number of halogens is 1. The summed E-state index contributed by atoms with van der Waals surface area (Å²) in [6, 6.07) is 4.74. The molecule has 4 N–H and O–H groups in total. The highest BCUT2D eigenvalue weighted by Crippen LogP contribution is 2.26. The van der Waals surface area contributed by atoms with Crippen LogP contribution in [-0.2, 0) is 0 Å². The Kier molecular flexibility index (Phi) is 2.30. The normalized spacial score (nSPS) is 10.7. The molecular formula is C11H13FN4. The van der Waals surface area contributed by atoms with E-state index in [0.29, 0.717) is 22.9 Å². The van der Waals surface area contributed by atoms with Crippen LogP contribution in [0.3, 0.4) is 0 Å². The van der Waals surface area contributed by atoms with E-state index in [9.17, 15) is 4.39 Å². The second-order valence-electron chi connectivity index (χ2n) is 3.73. The van der Waals surface area contributed by atoms with E-state index in [1.165, 1.54) is 10.7 Å². The molecule has 0 aliphatic carbocycles. The maximum absolute atomic E-state index is 13.1.